The van der Waals surface area contributed by atoms with Crippen LogP contribution in [0.4, 0.5) is 0 Å². The molecule has 2 fully saturated rings. The SMILES string of the molecule is CCCCCC(NC(=O)C(C)NC(=O)CNC(=O)CNC(=O)C(CCCCC)NC(=O)C(CSC1CC(=O)N(CCCCN2C[C@H](O)[C@@H](O)[C@@H](O)[C@H]2CO)C1=O)NC(C)=O)C(=O)NC(CC(C)C)C(=O)O. The Morgan fingerprint density at radius 2 is 1.24 bits per heavy atom. The van der Waals surface area contributed by atoms with Gasteiger partial charge < -0.3 is 62.8 Å². The second-order valence-electron chi connectivity index (χ2n) is 18.6. The Balaban J connectivity index is 1.94. The number of carboxylic acids is 1. The van der Waals surface area contributed by atoms with Crippen molar-refractivity contribution < 1.29 is 73.5 Å². The van der Waals surface area contributed by atoms with Crippen molar-refractivity contribution in [3.63, 3.8) is 0 Å². The highest BCUT2D eigenvalue weighted by Gasteiger charge is 2.42. The molecule has 71 heavy (non-hydrogen) atoms. The largest absolute Gasteiger partial charge is 0.480 e. The molecule has 24 nitrogen and oxygen atoms in total. The van der Waals surface area contributed by atoms with Gasteiger partial charge in [-0.05, 0) is 51.5 Å². The Hall–Kier alpha value is -4.95. The molecular formula is C46H79N9O15S. The molecule has 12 N–H and O–H groups in total. The minimum atomic E-state index is -1.40. The number of carbonyl (C=O) groups is 10. The third-order valence-corrected chi connectivity index (χ3v) is 13.4. The molecule has 10 atom stereocenters. The maximum Gasteiger partial charge on any atom is 0.326 e. The number of carboxylic acid groups (broad SMARTS) is 1. The van der Waals surface area contributed by atoms with Crippen molar-refractivity contribution in [2.75, 3.05) is 45.1 Å². The van der Waals surface area contributed by atoms with Gasteiger partial charge in [0.1, 0.15) is 42.4 Å². The lowest BCUT2D eigenvalue weighted by Crippen LogP contribution is -2.62. The molecular weight excluding hydrogens is 951 g/mol. The number of hydrogen-bond donors (Lipinski definition) is 12. The van der Waals surface area contributed by atoms with E-state index < -0.39 is 139 Å². The average molecular weight is 1030 g/mol. The number of piperidine rings is 1. The summed E-state index contributed by atoms with van der Waals surface area (Å²) in [4.78, 5) is 131. The van der Waals surface area contributed by atoms with Gasteiger partial charge in [0.25, 0.3) is 0 Å². The third kappa shape index (κ3) is 21.7. The second-order valence-corrected chi connectivity index (χ2v) is 19.8. The van der Waals surface area contributed by atoms with Crippen molar-refractivity contribution in [1.29, 1.82) is 0 Å². The number of aliphatic carboxylic acids is 1. The van der Waals surface area contributed by atoms with Crippen LogP contribution in [0.1, 0.15) is 119 Å². The van der Waals surface area contributed by atoms with Crippen LogP contribution in [0.2, 0.25) is 0 Å². The Labute approximate surface area is 419 Å². The van der Waals surface area contributed by atoms with E-state index in [9.17, 15) is 73.5 Å². The minimum absolute atomic E-state index is 0.0219. The van der Waals surface area contributed by atoms with E-state index in [4.69, 9.17) is 0 Å². The summed E-state index contributed by atoms with van der Waals surface area (Å²) in [7, 11) is 0. The van der Waals surface area contributed by atoms with Gasteiger partial charge in [0.15, 0.2) is 0 Å². The van der Waals surface area contributed by atoms with Crippen molar-refractivity contribution in [3.8, 4) is 0 Å². The van der Waals surface area contributed by atoms with Crippen LogP contribution < -0.4 is 37.2 Å². The van der Waals surface area contributed by atoms with E-state index in [1.54, 1.807) is 4.90 Å². The van der Waals surface area contributed by atoms with Gasteiger partial charge in [0, 0.05) is 32.2 Å². The molecule has 0 spiro atoms. The molecule has 0 aromatic carbocycles. The molecule has 2 aliphatic heterocycles. The predicted molar refractivity (Wildman–Crippen MR) is 260 cm³/mol. The summed E-state index contributed by atoms with van der Waals surface area (Å²) in [6.45, 7) is 8.86. The smallest absolute Gasteiger partial charge is 0.326 e. The first-order valence-corrected chi connectivity index (χ1v) is 25.7. The summed E-state index contributed by atoms with van der Waals surface area (Å²) >= 11 is 0.994. The molecule has 2 rings (SSSR count). The van der Waals surface area contributed by atoms with E-state index in [-0.39, 0.29) is 50.4 Å². The number of nitrogens with one attached hydrogen (secondary N) is 7. The number of thioether (sulfide) groups is 1. The number of aliphatic hydroxyl groups excluding tert-OH is 4. The molecule has 2 aliphatic rings. The van der Waals surface area contributed by atoms with Gasteiger partial charge in [-0.2, -0.15) is 0 Å². The molecule has 0 aliphatic carbocycles. The lowest BCUT2D eigenvalue weighted by molar-refractivity contribution is -0.145. The van der Waals surface area contributed by atoms with Gasteiger partial charge in [-0.3, -0.25) is 53.0 Å². The predicted octanol–water partition coefficient (Wildman–Crippen LogP) is -2.63. The van der Waals surface area contributed by atoms with Crippen LogP contribution in [0.5, 0.6) is 0 Å². The average Bonchev–Trinajstić information content (AvgIpc) is 3.58. The first kappa shape index (κ1) is 62.2. The highest BCUT2D eigenvalue weighted by molar-refractivity contribution is 8.00. The van der Waals surface area contributed by atoms with Crippen LogP contribution in [0.15, 0.2) is 0 Å². The molecule has 6 unspecified atom stereocenters. The lowest BCUT2D eigenvalue weighted by atomic mass is 9.94. The van der Waals surface area contributed by atoms with Crippen LogP contribution in [-0.4, -0.2) is 199 Å². The topological polar surface area (TPSA) is 363 Å². The van der Waals surface area contributed by atoms with E-state index in [1.165, 1.54) is 13.8 Å². The Bertz CT molecular complexity index is 1810. The summed E-state index contributed by atoms with van der Waals surface area (Å²) < 4.78 is 0. The quantitative estimate of drug-likeness (QED) is 0.0236. The maximum atomic E-state index is 13.6. The van der Waals surface area contributed by atoms with Crippen LogP contribution in [0.3, 0.4) is 0 Å². The zero-order chi connectivity index (χ0) is 53.4. The molecule has 404 valence electrons. The number of hydrogen-bond acceptors (Lipinski definition) is 16. The van der Waals surface area contributed by atoms with Crippen molar-refractivity contribution in [2.45, 2.75) is 178 Å². The summed E-state index contributed by atoms with van der Waals surface area (Å²) in [5.41, 5.74) is 0. The van der Waals surface area contributed by atoms with E-state index in [0.29, 0.717) is 38.6 Å². The number of rotatable bonds is 33. The molecule has 2 saturated heterocycles. The van der Waals surface area contributed by atoms with Gasteiger partial charge in [0.05, 0.1) is 37.1 Å². The molecule has 0 saturated carbocycles. The zero-order valence-electron chi connectivity index (χ0n) is 41.9. The second kappa shape index (κ2) is 32.2. The number of unbranched alkanes of at least 4 members (excludes halogenated alkanes) is 5. The maximum absolute atomic E-state index is 13.6. The fourth-order valence-corrected chi connectivity index (χ4v) is 9.23. The normalized spacial score (nSPS) is 21.3. The Morgan fingerprint density at radius 3 is 1.82 bits per heavy atom. The molecule has 25 heteroatoms. The van der Waals surface area contributed by atoms with Crippen LogP contribution in [-0.2, 0) is 47.9 Å². The summed E-state index contributed by atoms with van der Waals surface area (Å²) in [5.74, 6) is -7.24. The zero-order valence-corrected chi connectivity index (χ0v) is 42.7. The molecule has 9 amide bonds. The van der Waals surface area contributed by atoms with Gasteiger partial charge in [-0.25, -0.2) is 4.79 Å². The van der Waals surface area contributed by atoms with E-state index in [2.05, 4.69) is 37.2 Å². The van der Waals surface area contributed by atoms with Crippen molar-refractivity contribution in [1.82, 2.24) is 47.0 Å². The molecule has 0 aromatic rings. The minimum Gasteiger partial charge on any atom is -0.480 e. The van der Waals surface area contributed by atoms with Crippen LogP contribution >= 0.6 is 11.8 Å². The highest BCUT2D eigenvalue weighted by atomic mass is 32.2. The number of nitrogens with zero attached hydrogens (tertiary/aromatic N) is 2. The van der Waals surface area contributed by atoms with Crippen LogP contribution in [0.25, 0.3) is 0 Å². The third-order valence-electron chi connectivity index (χ3n) is 12.1. The fourth-order valence-electron chi connectivity index (χ4n) is 8.04. The molecule has 0 radical (unpaired) electrons. The first-order chi connectivity index (χ1) is 33.5. The summed E-state index contributed by atoms with van der Waals surface area (Å²) in [6, 6.07) is -6.54. The van der Waals surface area contributed by atoms with Gasteiger partial charge in [-0.1, -0.05) is 66.2 Å². The van der Waals surface area contributed by atoms with Crippen LogP contribution in [0, 0.1) is 5.92 Å². The molecule has 2 heterocycles. The van der Waals surface area contributed by atoms with Gasteiger partial charge >= 0.3 is 5.97 Å². The van der Waals surface area contributed by atoms with E-state index in [0.717, 1.165) is 35.9 Å². The van der Waals surface area contributed by atoms with Crippen molar-refractivity contribution in [3.05, 3.63) is 0 Å². The Morgan fingerprint density at radius 1 is 0.676 bits per heavy atom. The number of β-amino-alcohol motifs (C(OH)–C–C–N with tert-alkyl or cyclic N) is 1. The standard InChI is InChI=1S/C46H79N9O15S/c1-7-9-11-15-29(42(65)48-21-36(59)47-22-37(60)49-27(5)41(64)51-30(16-12-10-8-2)43(66)53-31(46(69)70)19-26(3)4)52-44(67)32(50-28(6)57)25-71-35-20-38(61)55(45(35)68)18-14-13-17-54-23-34(58)40(63)39(62)33(54)24-56/h26-27,29-35,39-40,56,58,62-63H,7-25H2,1-6H3,(H,47,59)(H,48,65)(H,49,60)(H,50,57)(H,51,64)(H,52,67)(H,53,66)(H,69,70)/t27?,29?,30?,31?,32?,33-,34+,35?,39+,40-/m1/s1. The number of aliphatic hydroxyl groups is 4. The number of imide groups is 1. The fraction of sp³-hybridized carbons (Fsp3) is 0.783. The summed E-state index contributed by atoms with van der Waals surface area (Å²) in [6.07, 6.45) is 1.46. The van der Waals surface area contributed by atoms with Crippen molar-refractivity contribution in [2.24, 2.45) is 5.92 Å². The lowest BCUT2D eigenvalue weighted by Gasteiger charge is -2.43. The van der Waals surface area contributed by atoms with E-state index in [1.807, 2.05) is 27.7 Å². The number of carbonyl (C=O) groups excluding carboxylic acids is 9. The molecule has 0 aromatic heterocycles. The Kier molecular flexibility index (Phi) is 28.2. The first-order valence-electron chi connectivity index (χ1n) is 24.6. The molecule has 0 bridgehead atoms. The number of amides is 9. The number of likely N-dealkylation sites (tertiary alicyclic amines) is 2. The highest BCUT2D eigenvalue weighted by Crippen LogP contribution is 2.27. The summed E-state index contributed by atoms with van der Waals surface area (Å²) in [5, 5.41) is 66.2. The monoisotopic (exact) mass is 1030 g/mol. The van der Waals surface area contributed by atoms with Gasteiger partial charge in [0.2, 0.25) is 53.2 Å². The van der Waals surface area contributed by atoms with Crippen molar-refractivity contribution >= 4 is 70.9 Å². The van der Waals surface area contributed by atoms with Gasteiger partial charge in [-0.15, -0.1) is 11.8 Å². The van der Waals surface area contributed by atoms with E-state index >= 15 is 0 Å².